The van der Waals surface area contributed by atoms with E-state index in [0.29, 0.717) is 10.2 Å². The first-order valence-corrected chi connectivity index (χ1v) is 8.99. The summed E-state index contributed by atoms with van der Waals surface area (Å²) >= 11 is 0. The second kappa shape index (κ2) is 8.01. The minimum Gasteiger partial charge on any atom is -0.346 e. The van der Waals surface area contributed by atoms with Crippen LogP contribution in [-0.2, 0) is 12.7 Å². The lowest BCUT2D eigenvalue weighted by molar-refractivity contribution is -0.143. The molecule has 0 saturated heterocycles. The van der Waals surface area contributed by atoms with Crippen LogP contribution in [0.25, 0.3) is 11.4 Å². The van der Waals surface area contributed by atoms with Crippen LogP contribution >= 0.6 is 0 Å². The Bertz CT molecular complexity index is 1200. The topological polar surface area (TPSA) is 77.6 Å². The summed E-state index contributed by atoms with van der Waals surface area (Å²) in [5, 5.41) is 13.3. The number of rotatable bonds is 5. The number of hydrogen-bond donors (Lipinski definition) is 1. The number of hydrogen-bond acceptors (Lipinski definition) is 4. The third-order valence-corrected chi connectivity index (χ3v) is 4.36. The van der Waals surface area contributed by atoms with Gasteiger partial charge in [-0.2, -0.15) is 18.3 Å². The molecule has 1 amide bonds. The summed E-state index contributed by atoms with van der Waals surface area (Å²) < 4.78 is 56.4. The predicted molar refractivity (Wildman–Crippen MR) is 101 cm³/mol. The van der Waals surface area contributed by atoms with Crippen LogP contribution in [0.4, 0.5) is 17.6 Å². The van der Waals surface area contributed by atoms with Crippen molar-refractivity contribution < 1.29 is 22.4 Å². The van der Waals surface area contributed by atoms with Gasteiger partial charge in [0.25, 0.3) is 5.91 Å². The maximum atomic E-state index is 13.6. The Morgan fingerprint density at radius 1 is 1.03 bits per heavy atom. The first-order valence-electron chi connectivity index (χ1n) is 8.99. The lowest BCUT2D eigenvalue weighted by Gasteiger charge is -2.11. The van der Waals surface area contributed by atoms with Gasteiger partial charge in [0.15, 0.2) is 11.4 Å². The summed E-state index contributed by atoms with van der Waals surface area (Å²) in [6, 6.07) is 13.1. The number of alkyl halides is 3. The number of carbonyl (C=O) groups is 1. The van der Waals surface area contributed by atoms with Crippen LogP contribution in [0.2, 0.25) is 0 Å². The molecular weight excluding hydrogens is 416 g/mol. The molecule has 2 aromatic carbocycles. The molecule has 4 aromatic rings. The van der Waals surface area contributed by atoms with Gasteiger partial charge >= 0.3 is 6.18 Å². The summed E-state index contributed by atoms with van der Waals surface area (Å²) in [6.45, 7) is -0.0255. The molecule has 0 fully saturated rings. The summed E-state index contributed by atoms with van der Waals surface area (Å²) in [4.78, 5) is 12.4. The smallest absolute Gasteiger partial charge is 0.346 e. The fourth-order valence-corrected chi connectivity index (χ4v) is 2.93. The normalized spacial score (nSPS) is 11.5. The molecule has 0 aliphatic rings. The number of amides is 1. The van der Waals surface area contributed by atoms with E-state index in [0.717, 1.165) is 17.8 Å². The molecule has 0 aliphatic carbocycles. The Balaban J connectivity index is 1.54. The molecule has 158 valence electrons. The van der Waals surface area contributed by atoms with E-state index in [4.69, 9.17) is 0 Å². The van der Waals surface area contributed by atoms with Crippen molar-refractivity contribution in [3.63, 3.8) is 0 Å². The van der Waals surface area contributed by atoms with Crippen molar-refractivity contribution in [2.24, 2.45) is 0 Å². The SMILES string of the molecule is O=C(NCc1ccc(-n2cccn2)cc1)c1nnn(-c2cccc(F)c2)c1C(F)(F)F. The molecule has 0 aliphatic heterocycles. The second-order valence-corrected chi connectivity index (χ2v) is 6.48. The first-order chi connectivity index (χ1) is 14.8. The first kappa shape index (κ1) is 20.3. The highest BCUT2D eigenvalue weighted by molar-refractivity contribution is 5.93. The monoisotopic (exact) mass is 430 g/mol. The predicted octanol–water partition coefficient (Wildman–Crippen LogP) is 3.54. The van der Waals surface area contributed by atoms with Crippen molar-refractivity contribution in [3.05, 3.63) is 89.8 Å². The van der Waals surface area contributed by atoms with Crippen LogP contribution in [-0.4, -0.2) is 30.7 Å². The molecule has 0 unspecified atom stereocenters. The van der Waals surface area contributed by atoms with Crippen LogP contribution in [0, 0.1) is 5.82 Å². The largest absolute Gasteiger partial charge is 0.435 e. The van der Waals surface area contributed by atoms with Gasteiger partial charge in [-0.1, -0.05) is 23.4 Å². The molecule has 1 N–H and O–H groups in total. The quantitative estimate of drug-likeness (QED) is 0.492. The van der Waals surface area contributed by atoms with Crippen molar-refractivity contribution >= 4 is 5.91 Å². The molecular formula is C20H14F4N6O. The Kier molecular flexibility index (Phi) is 5.24. The highest BCUT2D eigenvalue weighted by Crippen LogP contribution is 2.32. The molecule has 31 heavy (non-hydrogen) atoms. The van der Waals surface area contributed by atoms with Crippen LogP contribution in [0.1, 0.15) is 21.7 Å². The highest BCUT2D eigenvalue weighted by Gasteiger charge is 2.42. The number of nitrogens with zero attached hydrogens (tertiary/aromatic N) is 5. The average Bonchev–Trinajstić information content (AvgIpc) is 3.42. The van der Waals surface area contributed by atoms with Gasteiger partial charge in [-0.15, -0.1) is 5.10 Å². The molecule has 0 saturated carbocycles. The molecule has 7 nitrogen and oxygen atoms in total. The Morgan fingerprint density at radius 2 is 1.81 bits per heavy atom. The summed E-state index contributed by atoms with van der Waals surface area (Å²) in [6.07, 6.45) is -1.55. The molecule has 4 rings (SSSR count). The van der Waals surface area contributed by atoms with E-state index in [-0.39, 0.29) is 12.2 Å². The van der Waals surface area contributed by atoms with E-state index >= 15 is 0 Å². The van der Waals surface area contributed by atoms with Crippen LogP contribution in [0.3, 0.4) is 0 Å². The minimum atomic E-state index is -4.94. The molecule has 0 bridgehead atoms. The van der Waals surface area contributed by atoms with Crippen molar-refractivity contribution in [1.82, 2.24) is 30.1 Å². The molecule has 2 heterocycles. The van der Waals surface area contributed by atoms with Gasteiger partial charge in [0, 0.05) is 18.9 Å². The summed E-state index contributed by atoms with van der Waals surface area (Å²) in [5.74, 6) is -1.79. The van der Waals surface area contributed by atoms with E-state index in [2.05, 4.69) is 20.7 Å². The zero-order valence-corrected chi connectivity index (χ0v) is 15.7. The highest BCUT2D eigenvalue weighted by atomic mass is 19.4. The third kappa shape index (κ3) is 4.29. The molecule has 0 atom stereocenters. The van der Waals surface area contributed by atoms with E-state index in [9.17, 15) is 22.4 Å². The number of nitrogens with one attached hydrogen (secondary N) is 1. The standard InChI is InChI=1S/C20H14F4N6O/c21-14-3-1-4-16(11-14)30-18(20(22,23)24)17(27-28-30)19(31)25-12-13-5-7-15(8-6-13)29-10-2-9-26-29/h1-11H,12H2,(H,25,31). The van der Waals surface area contributed by atoms with Crippen LogP contribution in [0.5, 0.6) is 0 Å². The van der Waals surface area contributed by atoms with Crippen molar-refractivity contribution in [2.75, 3.05) is 0 Å². The van der Waals surface area contributed by atoms with Gasteiger partial charge in [0.2, 0.25) is 0 Å². The zero-order chi connectivity index (χ0) is 22.0. The lowest BCUT2D eigenvalue weighted by atomic mass is 10.2. The van der Waals surface area contributed by atoms with Crippen molar-refractivity contribution in [1.29, 1.82) is 0 Å². The molecule has 11 heteroatoms. The van der Waals surface area contributed by atoms with Gasteiger partial charge in [0.1, 0.15) is 5.82 Å². The second-order valence-electron chi connectivity index (χ2n) is 6.48. The van der Waals surface area contributed by atoms with Gasteiger partial charge in [-0.25, -0.2) is 13.8 Å². The summed E-state index contributed by atoms with van der Waals surface area (Å²) in [5.41, 5.74) is -1.03. The van der Waals surface area contributed by atoms with Crippen LogP contribution < -0.4 is 5.32 Å². The van der Waals surface area contributed by atoms with E-state index in [1.807, 2.05) is 0 Å². The van der Waals surface area contributed by atoms with Gasteiger partial charge in [-0.3, -0.25) is 4.79 Å². The third-order valence-electron chi connectivity index (χ3n) is 4.36. The zero-order valence-electron chi connectivity index (χ0n) is 15.7. The maximum absolute atomic E-state index is 13.6. The Hall–Kier alpha value is -4.02. The number of carbonyl (C=O) groups excluding carboxylic acids is 1. The maximum Gasteiger partial charge on any atom is 0.435 e. The minimum absolute atomic E-state index is 0.0255. The fourth-order valence-electron chi connectivity index (χ4n) is 2.93. The molecule has 0 radical (unpaired) electrons. The number of halogens is 4. The number of benzene rings is 2. The van der Waals surface area contributed by atoms with Gasteiger partial charge in [-0.05, 0) is 42.0 Å². The van der Waals surface area contributed by atoms with E-state index in [1.54, 1.807) is 47.4 Å². The average molecular weight is 430 g/mol. The number of aromatic nitrogens is 5. The van der Waals surface area contributed by atoms with Crippen molar-refractivity contribution in [2.45, 2.75) is 12.7 Å². The summed E-state index contributed by atoms with van der Waals surface area (Å²) in [7, 11) is 0. The molecule has 0 spiro atoms. The van der Waals surface area contributed by atoms with Crippen molar-refractivity contribution in [3.8, 4) is 11.4 Å². The fraction of sp³-hybridized carbons (Fsp3) is 0.100. The van der Waals surface area contributed by atoms with E-state index < -0.39 is 29.3 Å². The Morgan fingerprint density at radius 3 is 2.45 bits per heavy atom. The Labute approximate surface area is 172 Å². The van der Waals surface area contributed by atoms with E-state index in [1.165, 1.54) is 12.1 Å². The molecule has 2 aromatic heterocycles. The van der Waals surface area contributed by atoms with Crippen LogP contribution in [0.15, 0.2) is 67.0 Å². The van der Waals surface area contributed by atoms with Gasteiger partial charge in [0.05, 0.1) is 11.4 Å². The van der Waals surface area contributed by atoms with Gasteiger partial charge < -0.3 is 5.32 Å². The lowest BCUT2D eigenvalue weighted by Crippen LogP contribution is -2.27.